The van der Waals surface area contributed by atoms with E-state index >= 15 is 0 Å². The fraction of sp³-hybridized carbons (Fsp3) is 0.273. The molecule has 1 rings (SSSR count). The fourth-order valence-electron chi connectivity index (χ4n) is 1.43. The summed E-state index contributed by atoms with van der Waals surface area (Å²) in [6.07, 6.45) is -0.364. The maximum absolute atomic E-state index is 11.0. The van der Waals surface area contributed by atoms with Gasteiger partial charge in [0.05, 0.1) is 0 Å². The summed E-state index contributed by atoms with van der Waals surface area (Å²) in [5, 5.41) is 27.5. The molecule has 17 heavy (non-hydrogen) atoms. The predicted octanol–water partition coefficient (Wildman–Crippen LogP) is -0.543. The number of hydrogen-bond donors (Lipinski definition) is 4. The van der Waals surface area contributed by atoms with Crippen LogP contribution in [0.3, 0.4) is 0 Å². The Hall–Kier alpha value is -1.92. The van der Waals surface area contributed by atoms with E-state index in [9.17, 15) is 14.7 Å². The Labute approximate surface area is 97.3 Å². The molecule has 0 heterocycles. The van der Waals surface area contributed by atoms with E-state index in [4.69, 9.17) is 15.9 Å². The van der Waals surface area contributed by atoms with Crippen molar-refractivity contribution >= 4 is 11.9 Å². The third kappa shape index (κ3) is 2.80. The number of aliphatic carboxylic acids is 2. The number of carboxylic acid groups (broad SMARTS) is 2. The Balaban J connectivity index is 3.02. The van der Waals surface area contributed by atoms with Crippen LogP contribution in [-0.2, 0) is 16.0 Å². The molecule has 6 heteroatoms. The standard InChI is InChI=1S/C11H13NO5/c12-8(9(13)14)11(17,10(15)16)6-7-4-2-1-3-5-7/h1-5,8,17H,6,12H2,(H,13,14)(H,15,16)/t8-,11+/m1/s1. The van der Waals surface area contributed by atoms with Crippen molar-refractivity contribution < 1.29 is 24.9 Å². The van der Waals surface area contributed by atoms with Crippen LogP contribution in [0.1, 0.15) is 5.56 Å². The molecule has 0 aliphatic rings. The van der Waals surface area contributed by atoms with E-state index in [1.807, 2.05) is 0 Å². The molecular weight excluding hydrogens is 226 g/mol. The summed E-state index contributed by atoms with van der Waals surface area (Å²) >= 11 is 0. The molecule has 0 radical (unpaired) electrons. The zero-order valence-electron chi connectivity index (χ0n) is 8.91. The summed E-state index contributed by atoms with van der Waals surface area (Å²) in [4.78, 5) is 21.7. The van der Waals surface area contributed by atoms with Gasteiger partial charge in [-0.1, -0.05) is 30.3 Å². The summed E-state index contributed by atoms with van der Waals surface area (Å²) in [5.41, 5.74) is 3.19. The van der Waals surface area contributed by atoms with Crippen molar-refractivity contribution in [3.8, 4) is 0 Å². The zero-order chi connectivity index (χ0) is 13.1. The molecule has 0 unspecified atom stereocenters. The maximum atomic E-state index is 11.0. The lowest BCUT2D eigenvalue weighted by molar-refractivity contribution is -0.167. The second-order valence-corrected chi connectivity index (χ2v) is 3.71. The summed E-state index contributed by atoms with van der Waals surface area (Å²) < 4.78 is 0. The molecule has 0 saturated carbocycles. The quantitative estimate of drug-likeness (QED) is 0.547. The first-order valence-electron chi connectivity index (χ1n) is 4.86. The van der Waals surface area contributed by atoms with E-state index in [2.05, 4.69) is 0 Å². The van der Waals surface area contributed by atoms with Gasteiger partial charge in [0.2, 0.25) is 0 Å². The van der Waals surface area contributed by atoms with E-state index in [0.717, 1.165) is 0 Å². The summed E-state index contributed by atoms with van der Waals surface area (Å²) in [5.74, 6) is -3.22. The maximum Gasteiger partial charge on any atom is 0.338 e. The average molecular weight is 239 g/mol. The summed E-state index contributed by atoms with van der Waals surface area (Å²) in [7, 11) is 0. The number of benzene rings is 1. The third-order valence-corrected chi connectivity index (χ3v) is 2.47. The molecule has 92 valence electrons. The molecule has 0 aromatic heterocycles. The Kier molecular flexibility index (Phi) is 3.82. The van der Waals surface area contributed by atoms with E-state index in [1.54, 1.807) is 30.3 Å². The Morgan fingerprint density at radius 3 is 2.18 bits per heavy atom. The van der Waals surface area contributed by atoms with Crippen molar-refractivity contribution in [2.75, 3.05) is 0 Å². The molecule has 0 amide bonds. The van der Waals surface area contributed by atoms with Crippen LogP contribution >= 0.6 is 0 Å². The second-order valence-electron chi connectivity index (χ2n) is 3.71. The molecule has 1 aromatic rings. The van der Waals surface area contributed by atoms with Crippen LogP contribution in [0.5, 0.6) is 0 Å². The van der Waals surface area contributed by atoms with Gasteiger partial charge in [-0.2, -0.15) is 0 Å². The van der Waals surface area contributed by atoms with Gasteiger partial charge in [-0.15, -0.1) is 0 Å². The van der Waals surface area contributed by atoms with Crippen molar-refractivity contribution in [1.29, 1.82) is 0 Å². The highest BCUT2D eigenvalue weighted by atomic mass is 16.4. The molecule has 0 fully saturated rings. The zero-order valence-corrected chi connectivity index (χ0v) is 8.91. The van der Waals surface area contributed by atoms with Gasteiger partial charge < -0.3 is 21.1 Å². The number of aliphatic hydroxyl groups is 1. The molecular formula is C11H13NO5. The van der Waals surface area contributed by atoms with Crippen LogP contribution in [-0.4, -0.2) is 38.9 Å². The lowest BCUT2D eigenvalue weighted by Crippen LogP contribution is -2.59. The molecule has 1 aromatic carbocycles. The van der Waals surface area contributed by atoms with Gasteiger partial charge >= 0.3 is 11.9 Å². The van der Waals surface area contributed by atoms with Gasteiger partial charge in [-0.05, 0) is 5.56 Å². The van der Waals surface area contributed by atoms with Crippen LogP contribution in [0, 0.1) is 0 Å². The van der Waals surface area contributed by atoms with Crippen molar-refractivity contribution in [3.63, 3.8) is 0 Å². The minimum absolute atomic E-state index is 0.364. The molecule has 0 saturated heterocycles. The van der Waals surface area contributed by atoms with Crippen LogP contribution < -0.4 is 5.73 Å². The lowest BCUT2D eigenvalue weighted by Gasteiger charge is -2.26. The van der Waals surface area contributed by atoms with E-state index in [0.29, 0.717) is 5.56 Å². The van der Waals surface area contributed by atoms with Crippen molar-refractivity contribution in [3.05, 3.63) is 35.9 Å². The van der Waals surface area contributed by atoms with Crippen LogP contribution in [0.2, 0.25) is 0 Å². The predicted molar refractivity (Wildman–Crippen MR) is 58.3 cm³/mol. The smallest absolute Gasteiger partial charge is 0.338 e. The first-order chi connectivity index (χ1) is 7.88. The molecule has 5 N–H and O–H groups in total. The van der Waals surface area contributed by atoms with Gasteiger partial charge in [-0.25, -0.2) is 4.79 Å². The number of hydrogen-bond acceptors (Lipinski definition) is 4. The first-order valence-corrected chi connectivity index (χ1v) is 4.86. The Morgan fingerprint density at radius 2 is 1.76 bits per heavy atom. The normalized spacial score (nSPS) is 15.9. The minimum Gasteiger partial charge on any atom is -0.480 e. The van der Waals surface area contributed by atoms with Gasteiger partial charge in [0, 0.05) is 6.42 Å². The van der Waals surface area contributed by atoms with Gasteiger partial charge in [0.15, 0.2) is 5.60 Å². The van der Waals surface area contributed by atoms with Crippen LogP contribution in [0.15, 0.2) is 30.3 Å². The fourth-order valence-corrected chi connectivity index (χ4v) is 1.43. The van der Waals surface area contributed by atoms with Crippen molar-refractivity contribution in [2.24, 2.45) is 5.73 Å². The van der Waals surface area contributed by atoms with Crippen molar-refractivity contribution in [1.82, 2.24) is 0 Å². The van der Waals surface area contributed by atoms with Crippen LogP contribution in [0.4, 0.5) is 0 Å². The largest absolute Gasteiger partial charge is 0.480 e. The third-order valence-electron chi connectivity index (χ3n) is 2.47. The molecule has 0 bridgehead atoms. The monoisotopic (exact) mass is 239 g/mol. The van der Waals surface area contributed by atoms with Crippen LogP contribution in [0.25, 0.3) is 0 Å². The molecule has 2 atom stereocenters. The SMILES string of the molecule is N[C@H](C(=O)O)[C@@](O)(Cc1ccccc1)C(=O)O. The molecule has 0 spiro atoms. The van der Waals surface area contributed by atoms with E-state index in [1.165, 1.54) is 0 Å². The molecule has 0 aliphatic carbocycles. The molecule has 6 nitrogen and oxygen atoms in total. The van der Waals surface area contributed by atoms with Gasteiger partial charge in [-0.3, -0.25) is 4.79 Å². The minimum atomic E-state index is -2.52. The topological polar surface area (TPSA) is 121 Å². The second kappa shape index (κ2) is 4.94. The number of carbonyl (C=O) groups is 2. The Bertz CT molecular complexity index is 419. The summed E-state index contributed by atoms with van der Waals surface area (Å²) in [6, 6.07) is 6.32. The van der Waals surface area contributed by atoms with E-state index in [-0.39, 0.29) is 6.42 Å². The van der Waals surface area contributed by atoms with E-state index < -0.39 is 23.6 Å². The van der Waals surface area contributed by atoms with Crippen molar-refractivity contribution in [2.45, 2.75) is 18.1 Å². The first kappa shape index (κ1) is 13.1. The lowest BCUT2D eigenvalue weighted by atomic mass is 9.87. The number of carboxylic acids is 2. The average Bonchev–Trinajstić information content (AvgIpc) is 2.28. The number of nitrogens with two attached hydrogens (primary N) is 1. The van der Waals surface area contributed by atoms with Gasteiger partial charge in [0.25, 0.3) is 0 Å². The highest BCUT2D eigenvalue weighted by molar-refractivity contribution is 5.88. The van der Waals surface area contributed by atoms with Gasteiger partial charge in [0.1, 0.15) is 6.04 Å². The highest BCUT2D eigenvalue weighted by Gasteiger charge is 2.46. The molecule has 0 aliphatic heterocycles. The highest BCUT2D eigenvalue weighted by Crippen LogP contribution is 2.17. The summed E-state index contributed by atoms with van der Waals surface area (Å²) in [6.45, 7) is 0. The number of rotatable bonds is 5. The Morgan fingerprint density at radius 1 is 1.24 bits per heavy atom.